The minimum atomic E-state index is -0.884. The normalized spacial score (nSPS) is 10.8. The number of benzene rings is 3. The van der Waals surface area contributed by atoms with Gasteiger partial charge in [-0.3, -0.25) is 14.3 Å². The second-order valence-corrected chi connectivity index (χ2v) is 7.48. The number of anilines is 2. The van der Waals surface area contributed by atoms with Gasteiger partial charge in [-0.25, -0.2) is 23.5 Å². The summed E-state index contributed by atoms with van der Waals surface area (Å²) >= 11 is 0. The lowest BCUT2D eigenvalue weighted by Gasteiger charge is -2.11. The number of urea groups is 1. The van der Waals surface area contributed by atoms with Crippen LogP contribution in [-0.4, -0.2) is 31.3 Å². The number of fused-ring (bicyclic) bond motifs is 1. The molecule has 2 heterocycles. The molecule has 5 rings (SSSR count). The van der Waals surface area contributed by atoms with Gasteiger partial charge in [-0.05, 0) is 54.6 Å². The van der Waals surface area contributed by atoms with E-state index in [1.807, 2.05) is 0 Å². The van der Waals surface area contributed by atoms with Crippen LogP contribution in [0.5, 0.6) is 0 Å². The van der Waals surface area contributed by atoms with Crippen molar-refractivity contribution in [2.75, 3.05) is 10.6 Å². The molecule has 0 saturated carbocycles. The third kappa shape index (κ3) is 4.58. The van der Waals surface area contributed by atoms with Crippen molar-refractivity contribution in [2.24, 2.45) is 0 Å². The number of aromatic nitrogens is 4. The van der Waals surface area contributed by atoms with E-state index in [1.54, 1.807) is 35.6 Å². The average Bonchev–Trinajstić information content (AvgIpc) is 3.41. The fourth-order valence-electron chi connectivity index (χ4n) is 3.44. The number of nitrogens with one attached hydrogen (secondary N) is 2. The molecule has 0 bridgehead atoms. The highest BCUT2D eigenvalue weighted by atomic mass is 19.1. The monoisotopic (exact) mass is 470 g/mol. The Hall–Kier alpha value is -4.99. The van der Waals surface area contributed by atoms with Crippen LogP contribution in [0.3, 0.4) is 0 Å². The zero-order valence-electron chi connectivity index (χ0n) is 17.9. The van der Waals surface area contributed by atoms with E-state index in [0.717, 1.165) is 0 Å². The van der Waals surface area contributed by atoms with Crippen LogP contribution in [0.2, 0.25) is 0 Å². The number of nitrogens with zero attached hydrogens (tertiary/aromatic N) is 4. The van der Waals surface area contributed by atoms with Crippen molar-refractivity contribution >= 4 is 34.2 Å². The van der Waals surface area contributed by atoms with E-state index in [4.69, 9.17) is 0 Å². The first-order valence-electron chi connectivity index (χ1n) is 10.4. The molecule has 2 N–H and O–H groups in total. The van der Waals surface area contributed by atoms with Crippen LogP contribution in [0.1, 0.15) is 15.9 Å². The highest BCUT2D eigenvalue weighted by Crippen LogP contribution is 2.23. The van der Waals surface area contributed by atoms with Crippen molar-refractivity contribution in [3.63, 3.8) is 0 Å². The molecule has 2 amide bonds. The molecule has 0 atom stereocenters. The Kier molecular flexibility index (Phi) is 5.68. The van der Waals surface area contributed by atoms with Gasteiger partial charge in [-0.2, -0.15) is 0 Å². The highest BCUT2D eigenvalue weighted by molar-refractivity contribution is 6.11. The predicted octanol–water partition coefficient (Wildman–Crippen LogP) is 4.97. The maximum Gasteiger partial charge on any atom is 0.323 e. The van der Waals surface area contributed by atoms with Gasteiger partial charge in [0.15, 0.2) is 17.4 Å². The minimum Gasteiger partial charge on any atom is -0.308 e. The molecule has 35 heavy (non-hydrogen) atoms. The Morgan fingerprint density at radius 2 is 1.74 bits per heavy atom. The standard InChI is InChI=1S/C25H16F2N6O2/c26-16-5-7-17(8-6-16)30-25(35)32-20-3-1-2-18(23(20)27)24(34)15-4-9-19-21(12-15)31-22(13-29-19)33-11-10-28-14-33/h1-14H,(H2,30,32,35). The summed E-state index contributed by atoms with van der Waals surface area (Å²) in [4.78, 5) is 38.2. The molecule has 10 heteroatoms. The van der Waals surface area contributed by atoms with E-state index < -0.39 is 23.4 Å². The largest absolute Gasteiger partial charge is 0.323 e. The molecule has 0 fully saturated rings. The molecule has 0 saturated heterocycles. The average molecular weight is 470 g/mol. The highest BCUT2D eigenvalue weighted by Gasteiger charge is 2.19. The molecule has 172 valence electrons. The predicted molar refractivity (Wildman–Crippen MR) is 126 cm³/mol. The van der Waals surface area contributed by atoms with Crippen molar-refractivity contribution in [1.29, 1.82) is 0 Å². The van der Waals surface area contributed by atoms with Crippen molar-refractivity contribution < 1.29 is 18.4 Å². The van der Waals surface area contributed by atoms with Crippen LogP contribution in [0.15, 0.2) is 85.6 Å². The summed E-state index contributed by atoms with van der Waals surface area (Å²) in [6, 6.07) is 13.2. The van der Waals surface area contributed by atoms with Crippen LogP contribution in [0.25, 0.3) is 16.9 Å². The van der Waals surface area contributed by atoms with Gasteiger partial charge in [0.2, 0.25) is 0 Å². The Morgan fingerprint density at radius 3 is 2.51 bits per heavy atom. The van der Waals surface area contributed by atoms with Gasteiger partial charge in [0.05, 0.1) is 28.5 Å². The van der Waals surface area contributed by atoms with Crippen molar-refractivity contribution in [2.45, 2.75) is 0 Å². The summed E-state index contributed by atoms with van der Waals surface area (Å²) < 4.78 is 29.9. The van der Waals surface area contributed by atoms with Crippen molar-refractivity contribution in [1.82, 2.24) is 19.5 Å². The summed E-state index contributed by atoms with van der Waals surface area (Å²) in [5.74, 6) is -1.40. The molecule has 0 radical (unpaired) electrons. The lowest BCUT2D eigenvalue weighted by atomic mass is 10.0. The molecule has 0 spiro atoms. The third-order valence-corrected chi connectivity index (χ3v) is 5.15. The van der Waals surface area contributed by atoms with Crippen molar-refractivity contribution in [3.05, 3.63) is 108 Å². The Labute approximate surface area is 197 Å². The molecule has 0 aliphatic rings. The van der Waals surface area contributed by atoms with Gasteiger partial charge in [-0.1, -0.05) is 6.07 Å². The fraction of sp³-hybridized carbons (Fsp3) is 0. The van der Waals surface area contributed by atoms with E-state index in [0.29, 0.717) is 22.5 Å². The van der Waals surface area contributed by atoms with Crippen LogP contribution >= 0.6 is 0 Å². The lowest BCUT2D eigenvalue weighted by Crippen LogP contribution is -2.20. The second-order valence-electron chi connectivity index (χ2n) is 7.48. The van der Waals surface area contributed by atoms with E-state index >= 15 is 4.39 Å². The molecule has 8 nitrogen and oxygen atoms in total. The zero-order valence-corrected chi connectivity index (χ0v) is 17.9. The first kappa shape index (κ1) is 21.8. The molecule has 0 aliphatic heterocycles. The number of rotatable bonds is 5. The molecule has 0 aliphatic carbocycles. The third-order valence-electron chi connectivity index (χ3n) is 5.15. The summed E-state index contributed by atoms with van der Waals surface area (Å²) in [5.41, 5.74) is 1.15. The molecule has 2 aromatic heterocycles. The quantitative estimate of drug-likeness (QED) is 0.353. The summed E-state index contributed by atoms with van der Waals surface area (Å²) in [5, 5.41) is 4.84. The summed E-state index contributed by atoms with van der Waals surface area (Å²) in [6.45, 7) is 0. The first-order valence-corrected chi connectivity index (χ1v) is 10.4. The van der Waals surface area contributed by atoms with Gasteiger partial charge in [0, 0.05) is 23.6 Å². The topological polar surface area (TPSA) is 102 Å². The van der Waals surface area contributed by atoms with E-state index in [-0.39, 0.29) is 16.8 Å². The summed E-state index contributed by atoms with van der Waals surface area (Å²) in [6.07, 6.45) is 6.47. The van der Waals surface area contributed by atoms with Crippen LogP contribution in [-0.2, 0) is 0 Å². The van der Waals surface area contributed by atoms with E-state index in [2.05, 4.69) is 25.6 Å². The number of hydrogen-bond acceptors (Lipinski definition) is 5. The first-order chi connectivity index (χ1) is 17.0. The number of carbonyl (C=O) groups is 2. The maximum absolute atomic E-state index is 15.2. The molecular formula is C25H16F2N6O2. The number of ketones is 1. The van der Waals surface area contributed by atoms with Gasteiger partial charge in [-0.15, -0.1) is 0 Å². The van der Waals surface area contributed by atoms with Gasteiger partial charge >= 0.3 is 6.03 Å². The van der Waals surface area contributed by atoms with Crippen LogP contribution in [0.4, 0.5) is 25.0 Å². The van der Waals surface area contributed by atoms with Gasteiger partial charge in [0.25, 0.3) is 0 Å². The number of hydrogen-bond donors (Lipinski definition) is 2. The maximum atomic E-state index is 15.2. The van der Waals surface area contributed by atoms with Crippen molar-refractivity contribution in [3.8, 4) is 5.82 Å². The minimum absolute atomic E-state index is 0.182. The summed E-state index contributed by atoms with van der Waals surface area (Å²) in [7, 11) is 0. The SMILES string of the molecule is O=C(Nc1ccc(F)cc1)Nc1cccc(C(=O)c2ccc3ncc(-n4ccnc4)nc3c2)c1F. The lowest BCUT2D eigenvalue weighted by molar-refractivity contribution is 0.103. The van der Waals surface area contributed by atoms with E-state index in [9.17, 15) is 14.0 Å². The van der Waals surface area contributed by atoms with E-state index in [1.165, 1.54) is 54.6 Å². The number of amides is 2. The Balaban J connectivity index is 1.39. The smallest absolute Gasteiger partial charge is 0.308 e. The van der Waals surface area contributed by atoms with Gasteiger partial charge in [0.1, 0.15) is 12.1 Å². The zero-order chi connectivity index (χ0) is 24.4. The van der Waals surface area contributed by atoms with Crippen LogP contribution in [0, 0.1) is 11.6 Å². The van der Waals surface area contributed by atoms with Gasteiger partial charge < -0.3 is 10.6 Å². The Bertz CT molecular complexity index is 1550. The molecule has 3 aromatic carbocycles. The molecular weight excluding hydrogens is 454 g/mol. The van der Waals surface area contributed by atoms with Crippen LogP contribution < -0.4 is 10.6 Å². The number of carbonyl (C=O) groups excluding carboxylic acids is 2. The molecule has 5 aromatic rings. The second kappa shape index (κ2) is 9.10. The molecule has 0 unspecified atom stereocenters. The number of imidazole rings is 1. The number of halogens is 2. The Morgan fingerprint density at radius 1 is 0.914 bits per heavy atom. The fourth-order valence-corrected chi connectivity index (χ4v) is 3.44.